The maximum atomic E-state index is 11.6. The van der Waals surface area contributed by atoms with E-state index in [-0.39, 0.29) is 0 Å². The Morgan fingerprint density at radius 3 is 2.88 bits per heavy atom. The molecule has 1 aliphatic rings. The molecular weight excluding hydrogens is 232 g/mol. The number of nitrogens with one attached hydrogen (secondary N) is 1. The summed E-state index contributed by atoms with van der Waals surface area (Å²) < 4.78 is 6.65. The van der Waals surface area contributed by atoms with E-state index in [0.29, 0.717) is 12.2 Å². The van der Waals surface area contributed by atoms with E-state index < -0.39 is 22.4 Å². The second-order valence-corrected chi connectivity index (χ2v) is 4.84. The lowest BCUT2D eigenvalue weighted by Crippen LogP contribution is -2.37. The van der Waals surface area contributed by atoms with Crippen LogP contribution in [0, 0.1) is 0 Å². The Balaban J connectivity index is 2.49. The van der Waals surface area contributed by atoms with Crippen molar-refractivity contribution in [3.8, 4) is 0 Å². The highest BCUT2D eigenvalue weighted by Gasteiger charge is 2.43. The Morgan fingerprint density at radius 1 is 1.69 bits per heavy atom. The van der Waals surface area contributed by atoms with Crippen LogP contribution in [0.2, 0.25) is 0 Å². The molecule has 2 heterocycles. The number of alkyl halides is 1. The van der Waals surface area contributed by atoms with Crippen LogP contribution in [0.25, 0.3) is 0 Å². The smallest absolute Gasteiger partial charge is 0.331 e. The molecular formula is C10H11ClN2O3. The first kappa shape index (κ1) is 11.0. The third-order valence-corrected chi connectivity index (χ3v) is 2.76. The Kier molecular flexibility index (Phi) is 2.42. The number of aromatic nitrogens is 2. The highest BCUT2D eigenvalue weighted by molar-refractivity contribution is 6.24. The van der Waals surface area contributed by atoms with Crippen LogP contribution in [0.1, 0.15) is 19.6 Å². The molecule has 1 N–H and O–H groups in total. The van der Waals surface area contributed by atoms with Crippen LogP contribution in [0.4, 0.5) is 0 Å². The minimum Gasteiger partial charge on any atom is -0.473 e. The first-order chi connectivity index (χ1) is 7.40. The molecule has 0 bridgehead atoms. The van der Waals surface area contributed by atoms with Crippen LogP contribution in [-0.4, -0.2) is 14.4 Å². The number of H-pyrrole nitrogens is 1. The van der Waals surface area contributed by atoms with E-state index in [1.807, 2.05) is 0 Å². The SMILES string of the molecule is C=C1C[C@@](C)(Cl)[C@H](n2ccc(=O)[nH]c2=O)O1. The van der Waals surface area contributed by atoms with E-state index in [1.54, 1.807) is 6.92 Å². The van der Waals surface area contributed by atoms with Crippen molar-refractivity contribution in [2.75, 3.05) is 0 Å². The van der Waals surface area contributed by atoms with Gasteiger partial charge in [0.1, 0.15) is 4.87 Å². The molecule has 86 valence electrons. The molecule has 0 unspecified atom stereocenters. The maximum absolute atomic E-state index is 11.6. The summed E-state index contributed by atoms with van der Waals surface area (Å²) in [4.78, 5) is 23.9. The molecule has 1 aliphatic heterocycles. The molecule has 0 aliphatic carbocycles. The predicted molar refractivity (Wildman–Crippen MR) is 59.5 cm³/mol. The summed E-state index contributed by atoms with van der Waals surface area (Å²) in [6, 6.07) is 1.25. The standard InChI is InChI=1S/C10H11ClN2O3/c1-6-5-10(2,11)8(16-6)13-4-3-7(14)12-9(13)15/h3-4,8H,1,5H2,2H3,(H,12,14,15)/t8-,10-/m1/s1. The second-order valence-electron chi connectivity index (χ2n) is 3.98. The Hall–Kier alpha value is -1.49. The molecule has 1 aromatic rings. The van der Waals surface area contributed by atoms with Gasteiger partial charge in [-0.25, -0.2) is 4.79 Å². The van der Waals surface area contributed by atoms with Crippen molar-refractivity contribution in [2.24, 2.45) is 0 Å². The molecule has 1 saturated heterocycles. The summed E-state index contributed by atoms with van der Waals surface area (Å²) in [5, 5.41) is 0. The third-order valence-electron chi connectivity index (χ3n) is 2.44. The number of halogens is 1. The minimum absolute atomic E-state index is 0.450. The van der Waals surface area contributed by atoms with Gasteiger partial charge in [-0.15, -0.1) is 11.6 Å². The highest BCUT2D eigenvalue weighted by Crippen LogP contribution is 2.43. The van der Waals surface area contributed by atoms with E-state index in [2.05, 4.69) is 11.6 Å². The summed E-state index contributed by atoms with van der Waals surface area (Å²) in [5.74, 6) is 0.528. The van der Waals surface area contributed by atoms with E-state index in [4.69, 9.17) is 16.3 Å². The molecule has 0 spiro atoms. The number of hydrogen-bond acceptors (Lipinski definition) is 3. The van der Waals surface area contributed by atoms with Gasteiger partial charge in [-0.3, -0.25) is 14.3 Å². The number of hydrogen-bond donors (Lipinski definition) is 1. The number of rotatable bonds is 1. The molecule has 1 fully saturated rings. The van der Waals surface area contributed by atoms with Gasteiger partial charge < -0.3 is 4.74 Å². The predicted octanol–water partition coefficient (Wildman–Crippen LogP) is 0.967. The van der Waals surface area contributed by atoms with Crippen molar-refractivity contribution >= 4 is 11.6 Å². The van der Waals surface area contributed by atoms with Gasteiger partial charge in [-0.2, -0.15) is 0 Å². The fraction of sp³-hybridized carbons (Fsp3) is 0.400. The lowest BCUT2D eigenvalue weighted by atomic mass is 10.1. The molecule has 2 rings (SSSR count). The Morgan fingerprint density at radius 2 is 2.38 bits per heavy atom. The summed E-state index contributed by atoms with van der Waals surface area (Å²) in [6.07, 6.45) is 1.18. The molecule has 0 radical (unpaired) electrons. The zero-order chi connectivity index (χ0) is 11.9. The van der Waals surface area contributed by atoms with Crippen molar-refractivity contribution in [3.63, 3.8) is 0 Å². The Bertz CT molecular complexity index is 543. The zero-order valence-electron chi connectivity index (χ0n) is 8.70. The number of nitrogens with zero attached hydrogens (tertiary/aromatic N) is 1. The van der Waals surface area contributed by atoms with Crippen LogP contribution in [0.15, 0.2) is 34.2 Å². The lowest BCUT2D eigenvalue weighted by Gasteiger charge is -2.23. The van der Waals surface area contributed by atoms with Gasteiger partial charge in [-0.05, 0) is 6.92 Å². The van der Waals surface area contributed by atoms with Gasteiger partial charge in [0.05, 0.1) is 5.76 Å². The highest BCUT2D eigenvalue weighted by atomic mass is 35.5. The van der Waals surface area contributed by atoms with E-state index in [0.717, 1.165) is 0 Å². The van der Waals surface area contributed by atoms with Crippen molar-refractivity contribution in [1.29, 1.82) is 0 Å². The van der Waals surface area contributed by atoms with Crippen LogP contribution in [-0.2, 0) is 4.74 Å². The minimum atomic E-state index is -0.737. The Labute approximate surface area is 96.3 Å². The largest absolute Gasteiger partial charge is 0.473 e. The van der Waals surface area contributed by atoms with Gasteiger partial charge in [0.15, 0.2) is 6.23 Å². The van der Waals surface area contributed by atoms with Crippen LogP contribution < -0.4 is 11.2 Å². The summed E-state index contributed by atoms with van der Waals surface area (Å²) in [7, 11) is 0. The first-order valence-corrected chi connectivity index (χ1v) is 5.13. The number of allylic oxidation sites excluding steroid dienone is 1. The fourth-order valence-corrected chi connectivity index (χ4v) is 2.05. The van der Waals surface area contributed by atoms with E-state index in [9.17, 15) is 9.59 Å². The molecule has 0 saturated carbocycles. The lowest BCUT2D eigenvalue weighted by molar-refractivity contribution is 0.0752. The number of ether oxygens (including phenoxy) is 1. The summed E-state index contributed by atoms with van der Waals surface area (Å²) in [5.41, 5.74) is -0.992. The van der Waals surface area contributed by atoms with Gasteiger partial charge in [0.2, 0.25) is 0 Å². The van der Waals surface area contributed by atoms with Gasteiger partial charge in [0.25, 0.3) is 5.56 Å². The quantitative estimate of drug-likeness (QED) is 0.747. The molecule has 1 aromatic heterocycles. The molecule has 0 aromatic carbocycles. The topological polar surface area (TPSA) is 64.1 Å². The summed E-state index contributed by atoms with van der Waals surface area (Å²) in [6.45, 7) is 5.44. The van der Waals surface area contributed by atoms with Crippen LogP contribution in [0.3, 0.4) is 0 Å². The zero-order valence-corrected chi connectivity index (χ0v) is 9.45. The monoisotopic (exact) mass is 242 g/mol. The van der Waals surface area contributed by atoms with E-state index in [1.165, 1.54) is 16.8 Å². The molecule has 0 amide bonds. The first-order valence-electron chi connectivity index (χ1n) is 4.75. The molecule has 6 heteroatoms. The van der Waals surface area contributed by atoms with Crippen molar-refractivity contribution in [3.05, 3.63) is 45.4 Å². The second kappa shape index (κ2) is 3.52. The van der Waals surface area contributed by atoms with Gasteiger partial charge in [0, 0.05) is 18.7 Å². The summed E-state index contributed by atoms with van der Waals surface area (Å²) >= 11 is 6.24. The van der Waals surface area contributed by atoms with Crippen molar-refractivity contribution < 1.29 is 4.74 Å². The molecule has 5 nitrogen and oxygen atoms in total. The van der Waals surface area contributed by atoms with Crippen LogP contribution in [0.5, 0.6) is 0 Å². The van der Waals surface area contributed by atoms with Gasteiger partial charge in [-0.1, -0.05) is 6.58 Å². The van der Waals surface area contributed by atoms with Crippen molar-refractivity contribution in [1.82, 2.24) is 9.55 Å². The fourth-order valence-electron chi connectivity index (χ4n) is 1.75. The van der Waals surface area contributed by atoms with Crippen molar-refractivity contribution in [2.45, 2.75) is 24.4 Å². The average molecular weight is 243 g/mol. The molecule has 16 heavy (non-hydrogen) atoms. The number of aromatic amines is 1. The third kappa shape index (κ3) is 1.78. The van der Waals surface area contributed by atoms with Gasteiger partial charge >= 0.3 is 5.69 Å². The van der Waals surface area contributed by atoms with E-state index >= 15 is 0 Å². The molecule has 2 atom stereocenters. The maximum Gasteiger partial charge on any atom is 0.331 e. The normalized spacial score (nSPS) is 29.1. The van der Waals surface area contributed by atoms with Crippen LogP contribution >= 0.6 is 11.6 Å². The average Bonchev–Trinajstić information content (AvgIpc) is 2.39.